The van der Waals surface area contributed by atoms with E-state index < -0.39 is 4.92 Å². The van der Waals surface area contributed by atoms with E-state index in [-0.39, 0.29) is 29.7 Å². The molecule has 3 rings (SSSR count). The number of rotatable bonds is 8. The van der Waals surface area contributed by atoms with E-state index >= 15 is 0 Å². The molecule has 0 saturated heterocycles. The van der Waals surface area contributed by atoms with E-state index in [1.54, 1.807) is 25.4 Å². The van der Waals surface area contributed by atoms with Gasteiger partial charge in [-0.15, -0.1) is 24.0 Å². The van der Waals surface area contributed by atoms with Gasteiger partial charge in [-0.25, -0.2) is 4.98 Å². The van der Waals surface area contributed by atoms with E-state index in [0.29, 0.717) is 31.5 Å². The van der Waals surface area contributed by atoms with Crippen LogP contribution in [-0.4, -0.2) is 36.0 Å². The van der Waals surface area contributed by atoms with Crippen molar-refractivity contribution in [1.82, 2.24) is 15.6 Å². The van der Waals surface area contributed by atoms with E-state index in [2.05, 4.69) is 25.9 Å². The molecule has 0 bridgehead atoms. The molecule has 0 amide bonds. The van der Waals surface area contributed by atoms with Crippen LogP contribution in [0.2, 0.25) is 0 Å². The minimum absolute atomic E-state index is 0. The van der Waals surface area contributed by atoms with Crippen molar-refractivity contribution in [2.45, 2.75) is 6.54 Å². The summed E-state index contributed by atoms with van der Waals surface area (Å²) in [7, 11) is 1.69. The first kappa shape index (κ1) is 23.1. The number of guanidine groups is 1. The maximum absolute atomic E-state index is 10.7. The van der Waals surface area contributed by atoms with Crippen molar-refractivity contribution in [3.05, 3.63) is 76.7 Å². The standard InChI is InChI=1S/C20H22N6O3.HI/c1-21-20(23-12-11-22-16-7-9-18(10-8-16)26(27)28)24-13-17-14-29-19(25-17)15-5-3-2-4-6-15;/h2-10,14,22H,11-13H2,1H3,(H2,21,23,24);1H. The maximum Gasteiger partial charge on any atom is 0.269 e. The van der Waals surface area contributed by atoms with E-state index in [1.165, 1.54) is 12.1 Å². The zero-order valence-electron chi connectivity index (χ0n) is 16.4. The van der Waals surface area contributed by atoms with Crippen molar-refractivity contribution in [2.75, 3.05) is 25.5 Å². The van der Waals surface area contributed by atoms with Crippen LogP contribution in [0.3, 0.4) is 0 Å². The van der Waals surface area contributed by atoms with Crippen molar-refractivity contribution < 1.29 is 9.34 Å². The molecule has 1 heterocycles. The number of nitrogens with zero attached hydrogens (tertiary/aromatic N) is 3. The molecular weight excluding hydrogens is 499 g/mol. The Balaban J connectivity index is 0.00000320. The maximum atomic E-state index is 10.7. The van der Waals surface area contributed by atoms with Gasteiger partial charge in [0.1, 0.15) is 6.26 Å². The summed E-state index contributed by atoms with van der Waals surface area (Å²) in [5, 5.41) is 20.2. The molecule has 0 spiro atoms. The van der Waals surface area contributed by atoms with Crippen LogP contribution in [0.15, 0.2) is 70.3 Å². The van der Waals surface area contributed by atoms with Crippen molar-refractivity contribution in [1.29, 1.82) is 0 Å². The zero-order valence-corrected chi connectivity index (χ0v) is 18.7. The molecule has 0 aliphatic rings. The third-order valence-corrected chi connectivity index (χ3v) is 4.06. The lowest BCUT2D eigenvalue weighted by atomic mass is 10.2. The molecule has 0 aliphatic carbocycles. The average molecular weight is 522 g/mol. The second-order valence-corrected chi connectivity index (χ2v) is 6.09. The average Bonchev–Trinajstić information content (AvgIpc) is 3.23. The van der Waals surface area contributed by atoms with Crippen LogP contribution in [-0.2, 0) is 6.54 Å². The van der Waals surface area contributed by atoms with Crippen molar-refractivity contribution in [3.63, 3.8) is 0 Å². The Labute approximate surface area is 191 Å². The Hall–Kier alpha value is -3.15. The van der Waals surface area contributed by atoms with Gasteiger partial charge in [-0.3, -0.25) is 15.1 Å². The summed E-state index contributed by atoms with van der Waals surface area (Å²) in [5.41, 5.74) is 2.59. The molecule has 1 aromatic heterocycles. The first-order valence-electron chi connectivity index (χ1n) is 9.08. The van der Waals surface area contributed by atoms with Crippen LogP contribution >= 0.6 is 24.0 Å². The van der Waals surface area contributed by atoms with Gasteiger partial charge < -0.3 is 20.4 Å². The second kappa shape index (κ2) is 11.8. The number of halogens is 1. The number of aromatic nitrogens is 1. The third-order valence-electron chi connectivity index (χ3n) is 4.06. The summed E-state index contributed by atoms with van der Waals surface area (Å²) in [5.74, 6) is 1.22. The summed E-state index contributed by atoms with van der Waals surface area (Å²) in [6, 6.07) is 16.0. The molecular formula is C20H23IN6O3. The third kappa shape index (κ3) is 6.72. The first-order chi connectivity index (χ1) is 14.2. The van der Waals surface area contributed by atoms with Crippen LogP contribution in [0.5, 0.6) is 0 Å². The van der Waals surface area contributed by atoms with Gasteiger partial charge in [0.2, 0.25) is 5.89 Å². The number of nitrogens with one attached hydrogen (secondary N) is 3. The largest absolute Gasteiger partial charge is 0.444 e. The van der Waals surface area contributed by atoms with Crippen LogP contribution in [0.25, 0.3) is 11.5 Å². The Morgan fingerprint density at radius 1 is 1.10 bits per heavy atom. The first-order valence-corrected chi connectivity index (χ1v) is 9.08. The summed E-state index contributed by atoms with van der Waals surface area (Å²) < 4.78 is 5.52. The number of non-ortho nitro benzene ring substituents is 1. The Kier molecular flexibility index (Phi) is 9.06. The van der Waals surface area contributed by atoms with Gasteiger partial charge in [0, 0.05) is 43.5 Å². The number of aliphatic imine (C=N–C) groups is 1. The highest BCUT2D eigenvalue weighted by atomic mass is 127. The predicted octanol–water partition coefficient (Wildman–Crippen LogP) is 3.64. The molecule has 0 fully saturated rings. The van der Waals surface area contributed by atoms with Gasteiger partial charge in [-0.2, -0.15) is 0 Å². The lowest BCUT2D eigenvalue weighted by Crippen LogP contribution is -2.39. The highest BCUT2D eigenvalue weighted by Crippen LogP contribution is 2.17. The van der Waals surface area contributed by atoms with Crippen molar-refractivity contribution >= 4 is 41.3 Å². The van der Waals surface area contributed by atoms with Gasteiger partial charge >= 0.3 is 0 Å². The predicted molar refractivity (Wildman–Crippen MR) is 127 cm³/mol. The van der Waals surface area contributed by atoms with Crippen LogP contribution < -0.4 is 16.0 Å². The van der Waals surface area contributed by atoms with E-state index in [0.717, 1.165) is 16.9 Å². The summed E-state index contributed by atoms with van der Waals surface area (Å²) in [6.45, 7) is 1.72. The van der Waals surface area contributed by atoms with Gasteiger partial charge in [-0.05, 0) is 24.3 Å². The van der Waals surface area contributed by atoms with E-state index in [9.17, 15) is 10.1 Å². The normalized spacial score (nSPS) is 10.8. The molecule has 2 aromatic carbocycles. The topological polar surface area (TPSA) is 118 Å². The molecule has 9 nitrogen and oxygen atoms in total. The zero-order chi connectivity index (χ0) is 20.5. The minimum Gasteiger partial charge on any atom is -0.444 e. The van der Waals surface area contributed by atoms with Crippen molar-refractivity contribution in [3.8, 4) is 11.5 Å². The molecule has 158 valence electrons. The number of anilines is 1. The molecule has 30 heavy (non-hydrogen) atoms. The van der Waals surface area contributed by atoms with Gasteiger partial charge in [0.15, 0.2) is 5.96 Å². The number of oxazole rings is 1. The lowest BCUT2D eigenvalue weighted by Gasteiger charge is -2.12. The molecule has 0 unspecified atom stereocenters. The molecule has 10 heteroatoms. The molecule has 0 atom stereocenters. The molecule has 0 aliphatic heterocycles. The van der Waals surface area contributed by atoms with Crippen LogP contribution in [0.1, 0.15) is 5.69 Å². The smallest absolute Gasteiger partial charge is 0.269 e. The molecule has 3 aromatic rings. The van der Waals surface area contributed by atoms with Crippen LogP contribution in [0, 0.1) is 10.1 Å². The number of hydrogen-bond donors (Lipinski definition) is 3. The summed E-state index contributed by atoms with van der Waals surface area (Å²) in [4.78, 5) is 18.9. The SMILES string of the molecule is CN=C(NCCNc1ccc([N+](=O)[O-])cc1)NCc1coc(-c2ccccc2)n1.I. The fraction of sp³-hybridized carbons (Fsp3) is 0.200. The second-order valence-electron chi connectivity index (χ2n) is 6.09. The Morgan fingerprint density at radius 2 is 1.83 bits per heavy atom. The van der Waals surface area contributed by atoms with E-state index in [1.807, 2.05) is 30.3 Å². The van der Waals surface area contributed by atoms with Crippen molar-refractivity contribution in [2.24, 2.45) is 4.99 Å². The number of benzene rings is 2. The minimum atomic E-state index is -0.418. The number of hydrogen-bond acceptors (Lipinski definition) is 6. The lowest BCUT2D eigenvalue weighted by molar-refractivity contribution is -0.384. The highest BCUT2D eigenvalue weighted by molar-refractivity contribution is 14.0. The number of nitro benzene ring substituents is 1. The van der Waals surface area contributed by atoms with Crippen LogP contribution in [0.4, 0.5) is 11.4 Å². The van der Waals surface area contributed by atoms with Gasteiger partial charge in [-0.1, -0.05) is 18.2 Å². The number of nitro groups is 1. The molecule has 0 radical (unpaired) electrons. The Morgan fingerprint density at radius 3 is 2.50 bits per heavy atom. The quantitative estimate of drug-likeness (QED) is 0.103. The fourth-order valence-corrected chi connectivity index (χ4v) is 2.59. The van der Waals surface area contributed by atoms with Gasteiger partial charge in [0.05, 0.1) is 17.2 Å². The monoisotopic (exact) mass is 522 g/mol. The fourth-order valence-electron chi connectivity index (χ4n) is 2.59. The molecule has 0 saturated carbocycles. The summed E-state index contributed by atoms with van der Waals surface area (Å²) >= 11 is 0. The van der Waals surface area contributed by atoms with E-state index in [4.69, 9.17) is 4.42 Å². The Bertz CT molecular complexity index is 960. The molecule has 3 N–H and O–H groups in total. The summed E-state index contributed by atoms with van der Waals surface area (Å²) in [6.07, 6.45) is 1.62. The van der Waals surface area contributed by atoms with Gasteiger partial charge in [0.25, 0.3) is 5.69 Å². The highest BCUT2D eigenvalue weighted by Gasteiger charge is 2.07.